The van der Waals surface area contributed by atoms with Crippen LogP contribution in [0.25, 0.3) is 0 Å². The number of thioether (sulfide) groups is 1. The van der Waals surface area contributed by atoms with E-state index in [2.05, 4.69) is 39.1 Å². The maximum absolute atomic E-state index is 6.18. The van der Waals surface area contributed by atoms with Crippen molar-refractivity contribution in [3.63, 3.8) is 0 Å². The van der Waals surface area contributed by atoms with Gasteiger partial charge in [-0.15, -0.1) is 11.8 Å². The molecule has 1 aromatic carbocycles. The lowest BCUT2D eigenvalue weighted by Crippen LogP contribution is -2.33. The molecule has 0 aliphatic rings. The fourth-order valence-corrected chi connectivity index (χ4v) is 3.29. The number of hydrogen-bond acceptors (Lipinski definition) is 5. The molecule has 0 aliphatic heterocycles. The smallest absolute Gasteiger partial charge is 0.246 e. The van der Waals surface area contributed by atoms with Gasteiger partial charge in [-0.3, -0.25) is 0 Å². The molecule has 108 valence electrons. The standard InChI is InChI=1S/C14H18BrN3OS/c1-3-8-14(2,16)13-17-12(18-19-13)9-20-11-7-5-4-6-10(11)15/h4-7H,3,8-9,16H2,1-2H3. The van der Waals surface area contributed by atoms with E-state index < -0.39 is 5.54 Å². The summed E-state index contributed by atoms with van der Waals surface area (Å²) in [6, 6.07) is 8.07. The van der Waals surface area contributed by atoms with E-state index in [0.29, 0.717) is 17.5 Å². The first kappa shape index (κ1) is 15.5. The fraction of sp³-hybridized carbons (Fsp3) is 0.429. The Morgan fingerprint density at radius 2 is 2.15 bits per heavy atom. The second-order valence-electron chi connectivity index (χ2n) is 4.90. The Bertz CT molecular complexity index is 571. The van der Waals surface area contributed by atoms with E-state index in [-0.39, 0.29) is 0 Å². The van der Waals surface area contributed by atoms with Gasteiger partial charge < -0.3 is 10.3 Å². The molecule has 0 saturated heterocycles. The van der Waals surface area contributed by atoms with E-state index in [1.165, 1.54) is 0 Å². The van der Waals surface area contributed by atoms with E-state index in [0.717, 1.165) is 22.2 Å². The number of rotatable bonds is 6. The molecule has 0 bridgehead atoms. The lowest BCUT2D eigenvalue weighted by molar-refractivity contribution is 0.282. The van der Waals surface area contributed by atoms with Gasteiger partial charge in [0.2, 0.25) is 5.89 Å². The summed E-state index contributed by atoms with van der Waals surface area (Å²) in [6.07, 6.45) is 1.81. The van der Waals surface area contributed by atoms with Crippen molar-refractivity contribution in [2.75, 3.05) is 0 Å². The monoisotopic (exact) mass is 355 g/mol. The molecule has 0 saturated carbocycles. The first-order valence-corrected chi connectivity index (χ1v) is 8.30. The van der Waals surface area contributed by atoms with Crippen LogP contribution in [0.3, 0.4) is 0 Å². The maximum atomic E-state index is 6.18. The molecule has 0 fully saturated rings. The van der Waals surface area contributed by atoms with Crippen molar-refractivity contribution in [2.45, 2.75) is 42.9 Å². The third kappa shape index (κ3) is 3.84. The molecule has 1 unspecified atom stereocenters. The van der Waals surface area contributed by atoms with E-state index in [9.17, 15) is 0 Å². The van der Waals surface area contributed by atoms with Gasteiger partial charge in [0.1, 0.15) is 0 Å². The quantitative estimate of drug-likeness (QED) is 0.790. The molecule has 0 aliphatic carbocycles. The van der Waals surface area contributed by atoms with Crippen LogP contribution in [0.2, 0.25) is 0 Å². The first-order chi connectivity index (χ1) is 9.53. The maximum Gasteiger partial charge on any atom is 0.246 e. The SMILES string of the molecule is CCCC(C)(N)c1nc(CSc2ccccc2Br)no1. The zero-order valence-corrected chi connectivity index (χ0v) is 14.0. The average molecular weight is 356 g/mol. The fourth-order valence-electron chi connectivity index (χ4n) is 1.87. The van der Waals surface area contributed by atoms with Gasteiger partial charge in [0.25, 0.3) is 0 Å². The molecular formula is C14H18BrN3OS. The molecule has 1 heterocycles. The van der Waals surface area contributed by atoms with Gasteiger partial charge in [-0.25, -0.2) is 0 Å². The van der Waals surface area contributed by atoms with Gasteiger partial charge in [-0.1, -0.05) is 30.6 Å². The van der Waals surface area contributed by atoms with Crippen molar-refractivity contribution < 1.29 is 4.52 Å². The summed E-state index contributed by atoms with van der Waals surface area (Å²) in [5, 5.41) is 4.01. The van der Waals surface area contributed by atoms with Crippen LogP contribution in [0, 0.1) is 0 Å². The molecular weight excluding hydrogens is 338 g/mol. The second-order valence-corrected chi connectivity index (χ2v) is 6.77. The third-order valence-corrected chi connectivity index (χ3v) is 4.94. The van der Waals surface area contributed by atoms with Crippen LogP contribution in [0.1, 0.15) is 38.4 Å². The summed E-state index contributed by atoms with van der Waals surface area (Å²) in [4.78, 5) is 5.56. The third-order valence-electron chi connectivity index (χ3n) is 2.92. The minimum absolute atomic E-state index is 0.516. The van der Waals surface area contributed by atoms with Crippen LogP contribution in [0.5, 0.6) is 0 Å². The number of hydrogen-bond donors (Lipinski definition) is 1. The molecule has 2 N–H and O–H groups in total. The normalized spacial score (nSPS) is 14.2. The number of benzene rings is 1. The second kappa shape index (κ2) is 6.74. The number of halogens is 1. The van der Waals surface area contributed by atoms with Crippen molar-refractivity contribution >= 4 is 27.7 Å². The highest BCUT2D eigenvalue weighted by Crippen LogP contribution is 2.29. The molecule has 0 spiro atoms. The van der Waals surface area contributed by atoms with Crippen molar-refractivity contribution in [3.05, 3.63) is 40.5 Å². The molecule has 2 aromatic rings. The highest BCUT2D eigenvalue weighted by molar-refractivity contribution is 9.10. The summed E-state index contributed by atoms with van der Waals surface area (Å²) in [6.45, 7) is 4.01. The number of nitrogens with two attached hydrogens (primary N) is 1. The Morgan fingerprint density at radius 3 is 2.85 bits per heavy atom. The largest absolute Gasteiger partial charge is 0.337 e. The van der Waals surface area contributed by atoms with Crippen molar-refractivity contribution in [3.8, 4) is 0 Å². The van der Waals surface area contributed by atoms with Crippen molar-refractivity contribution in [1.82, 2.24) is 10.1 Å². The molecule has 4 nitrogen and oxygen atoms in total. The predicted octanol–water partition coefficient (Wildman–Crippen LogP) is 4.10. The molecule has 1 aromatic heterocycles. The highest BCUT2D eigenvalue weighted by Gasteiger charge is 2.27. The minimum atomic E-state index is -0.544. The Balaban J connectivity index is 2.02. The van der Waals surface area contributed by atoms with Gasteiger partial charge in [0.15, 0.2) is 5.82 Å². The minimum Gasteiger partial charge on any atom is -0.337 e. The zero-order valence-electron chi connectivity index (χ0n) is 11.6. The lowest BCUT2D eigenvalue weighted by Gasteiger charge is -2.18. The zero-order chi connectivity index (χ0) is 14.6. The number of aromatic nitrogens is 2. The van der Waals surface area contributed by atoms with E-state index in [1.807, 2.05) is 25.1 Å². The summed E-state index contributed by atoms with van der Waals surface area (Å²) in [5.41, 5.74) is 5.64. The van der Waals surface area contributed by atoms with E-state index in [4.69, 9.17) is 10.3 Å². The molecule has 20 heavy (non-hydrogen) atoms. The molecule has 0 radical (unpaired) electrons. The van der Waals surface area contributed by atoms with E-state index >= 15 is 0 Å². The molecule has 6 heteroatoms. The highest BCUT2D eigenvalue weighted by atomic mass is 79.9. The summed E-state index contributed by atoms with van der Waals surface area (Å²) < 4.78 is 6.36. The van der Waals surface area contributed by atoms with Crippen molar-refractivity contribution in [1.29, 1.82) is 0 Å². The van der Waals surface area contributed by atoms with Gasteiger partial charge >= 0.3 is 0 Å². The van der Waals surface area contributed by atoms with Gasteiger partial charge in [0.05, 0.1) is 11.3 Å². The Hall–Kier alpha value is -0.850. The Kier molecular flexibility index (Phi) is 5.23. The topological polar surface area (TPSA) is 64.9 Å². The van der Waals surface area contributed by atoms with Gasteiger partial charge in [0, 0.05) is 9.37 Å². The molecule has 1 atom stereocenters. The van der Waals surface area contributed by atoms with E-state index in [1.54, 1.807) is 11.8 Å². The van der Waals surface area contributed by atoms with Gasteiger partial charge in [-0.2, -0.15) is 4.98 Å². The predicted molar refractivity (Wildman–Crippen MR) is 84.4 cm³/mol. The Labute approximate surface area is 131 Å². The van der Waals surface area contributed by atoms with Crippen molar-refractivity contribution in [2.24, 2.45) is 5.73 Å². The average Bonchev–Trinajstić information content (AvgIpc) is 2.87. The summed E-state index contributed by atoms with van der Waals surface area (Å²) in [5.74, 6) is 1.85. The van der Waals surface area contributed by atoms with Crippen LogP contribution < -0.4 is 5.73 Å². The number of nitrogens with zero attached hydrogens (tertiary/aromatic N) is 2. The van der Waals surface area contributed by atoms with Crippen LogP contribution in [0.4, 0.5) is 0 Å². The summed E-state index contributed by atoms with van der Waals surface area (Å²) >= 11 is 5.19. The molecule has 2 rings (SSSR count). The Morgan fingerprint density at radius 1 is 1.40 bits per heavy atom. The first-order valence-electron chi connectivity index (χ1n) is 6.52. The van der Waals surface area contributed by atoms with Gasteiger partial charge in [-0.05, 0) is 41.4 Å². The summed E-state index contributed by atoms with van der Waals surface area (Å²) in [7, 11) is 0. The molecule has 0 amide bonds. The van der Waals surface area contributed by atoms with Crippen LogP contribution >= 0.6 is 27.7 Å². The van der Waals surface area contributed by atoms with Crippen LogP contribution in [-0.2, 0) is 11.3 Å². The lowest BCUT2D eigenvalue weighted by atomic mass is 9.98. The van der Waals surface area contributed by atoms with Crippen LogP contribution in [0.15, 0.2) is 38.2 Å². The van der Waals surface area contributed by atoms with Crippen LogP contribution in [-0.4, -0.2) is 10.1 Å².